The number of benzene rings is 1. The molecule has 1 aliphatic heterocycles. The van der Waals surface area contributed by atoms with E-state index in [4.69, 9.17) is 0 Å². The lowest BCUT2D eigenvalue weighted by Crippen LogP contribution is -2.48. The molecular weight excluding hydrogens is 356 g/mol. The zero-order chi connectivity index (χ0) is 18.6. The van der Waals surface area contributed by atoms with Crippen LogP contribution in [0.1, 0.15) is 16.8 Å². The first kappa shape index (κ1) is 17.8. The van der Waals surface area contributed by atoms with Gasteiger partial charge in [0, 0.05) is 42.8 Å². The van der Waals surface area contributed by atoms with Crippen LogP contribution in [0.5, 0.6) is 0 Å². The molecule has 1 atom stereocenters. The number of pyridine rings is 1. The molecule has 1 unspecified atom stereocenters. The van der Waals surface area contributed by atoms with Crippen LogP contribution in [0.3, 0.4) is 0 Å². The summed E-state index contributed by atoms with van der Waals surface area (Å²) in [5, 5.41) is 6.10. The highest BCUT2D eigenvalue weighted by Crippen LogP contribution is 2.23. The van der Waals surface area contributed by atoms with E-state index in [0.717, 1.165) is 35.7 Å². The summed E-state index contributed by atoms with van der Waals surface area (Å²) in [5.74, 6) is 0.0923. The van der Waals surface area contributed by atoms with Crippen molar-refractivity contribution in [3.05, 3.63) is 71.0 Å². The molecule has 0 fully saturated rings. The maximum absolute atomic E-state index is 12.7. The highest BCUT2D eigenvalue weighted by molar-refractivity contribution is 7.13. The van der Waals surface area contributed by atoms with Crippen LogP contribution in [0, 0.1) is 0 Å². The van der Waals surface area contributed by atoms with E-state index in [1.165, 1.54) is 11.1 Å². The van der Waals surface area contributed by atoms with Gasteiger partial charge < -0.3 is 5.32 Å². The molecule has 0 aliphatic carbocycles. The summed E-state index contributed by atoms with van der Waals surface area (Å²) < 4.78 is 0. The summed E-state index contributed by atoms with van der Waals surface area (Å²) in [7, 11) is 2.01. The Balaban J connectivity index is 1.32. The van der Waals surface area contributed by atoms with Crippen LogP contribution in [0.2, 0.25) is 0 Å². The molecule has 138 valence electrons. The average Bonchev–Trinajstić information content (AvgIpc) is 3.17. The average molecular weight is 379 g/mol. The minimum Gasteiger partial charge on any atom is -0.354 e. The number of nitrogens with one attached hydrogen (secondary N) is 1. The topological polar surface area (TPSA) is 58.1 Å². The van der Waals surface area contributed by atoms with Crippen molar-refractivity contribution < 1.29 is 4.79 Å². The van der Waals surface area contributed by atoms with Crippen molar-refractivity contribution in [2.75, 3.05) is 13.6 Å². The van der Waals surface area contributed by atoms with Crippen LogP contribution >= 0.6 is 11.3 Å². The highest BCUT2D eigenvalue weighted by atomic mass is 32.1. The van der Waals surface area contributed by atoms with E-state index in [1.807, 2.05) is 31.4 Å². The van der Waals surface area contributed by atoms with Crippen molar-refractivity contribution in [3.8, 4) is 10.6 Å². The molecule has 1 aliphatic rings. The molecule has 3 heterocycles. The Bertz CT molecular complexity index is 925. The smallest absolute Gasteiger partial charge is 0.237 e. The minimum absolute atomic E-state index is 0.0923. The Hall–Kier alpha value is -2.57. The number of rotatable bonds is 5. The molecule has 2 aromatic heterocycles. The largest absolute Gasteiger partial charge is 0.354 e. The summed E-state index contributed by atoms with van der Waals surface area (Å²) in [4.78, 5) is 23.6. The van der Waals surface area contributed by atoms with Crippen LogP contribution in [0.15, 0.2) is 54.2 Å². The van der Waals surface area contributed by atoms with E-state index >= 15 is 0 Å². The second-order valence-corrected chi connectivity index (χ2v) is 7.69. The fourth-order valence-electron chi connectivity index (χ4n) is 3.42. The van der Waals surface area contributed by atoms with E-state index in [-0.39, 0.29) is 11.9 Å². The molecular formula is C21H22N4OS. The standard InChI is InChI=1S/C21H22N4OS/c1-25-13-17-6-3-2-5-15(17)11-19(25)20(26)23-10-8-18-14-27-21(24-18)16-7-4-9-22-12-16/h2-7,9,12,14,19H,8,10-11,13H2,1H3,(H,23,26). The highest BCUT2D eigenvalue weighted by Gasteiger charge is 2.28. The number of hydrogen-bond donors (Lipinski definition) is 1. The Labute approximate surface area is 163 Å². The van der Waals surface area contributed by atoms with Crippen molar-refractivity contribution in [1.29, 1.82) is 0 Å². The Morgan fingerprint density at radius 3 is 2.93 bits per heavy atom. The molecule has 4 rings (SSSR count). The maximum Gasteiger partial charge on any atom is 0.237 e. The number of nitrogens with zero attached hydrogens (tertiary/aromatic N) is 3. The van der Waals surface area contributed by atoms with Crippen LogP contribution < -0.4 is 5.32 Å². The first-order valence-electron chi connectivity index (χ1n) is 9.10. The van der Waals surface area contributed by atoms with Crippen LogP contribution in [0.4, 0.5) is 0 Å². The fraction of sp³-hybridized carbons (Fsp3) is 0.286. The van der Waals surface area contributed by atoms with Crippen molar-refractivity contribution >= 4 is 17.2 Å². The third-order valence-corrected chi connectivity index (χ3v) is 5.87. The lowest BCUT2D eigenvalue weighted by molar-refractivity contribution is -0.126. The molecule has 1 aromatic carbocycles. The number of carbonyl (C=O) groups is 1. The van der Waals surface area contributed by atoms with E-state index < -0.39 is 0 Å². The molecule has 0 bridgehead atoms. The SMILES string of the molecule is CN1Cc2ccccc2CC1C(=O)NCCc1csc(-c2cccnc2)n1. The first-order valence-corrected chi connectivity index (χ1v) is 9.98. The fourth-order valence-corrected chi connectivity index (χ4v) is 4.27. The van der Waals surface area contributed by atoms with Crippen molar-refractivity contribution in [3.63, 3.8) is 0 Å². The molecule has 0 saturated heterocycles. The molecule has 3 aromatic rings. The Morgan fingerprint density at radius 1 is 1.26 bits per heavy atom. The van der Waals surface area contributed by atoms with Gasteiger partial charge in [0.15, 0.2) is 0 Å². The summed E-state index contributed by atoms with van der Waals surface area (Å²) >= 11 is 1.61. The number of likely N-dealkylation sites (N-methyl/N-ethyl adjacent to an activating group) is 1. The second-order valence-electron chi connectivity index (χ2n) is 6.83. The lowest BCUT2D eigenvalue weighted by Gasteiger charge is -2.33. The van der Waals surface area contributed by atoms with Gasteiger partial charge in [0.05, 0.1) is 11.7 Å². The van der Waals surface area contributed by atoms with Crippen molar-refractivity contribution in [2.45, 2.75) is 25.4 Å². The number of amides is 1. The van der Waals surface area contributed by atoms with Gasteiger partial charge in [-0.2, -0.15) is 0 Å². The van der Waals surface area contributed by atoms with E-state index in [9.17, 15) is 4.79 Å². The summed E-state index contributed by atoms with van der Waals surface area (Å²) in [6.07, 6.45) is 5.07. The van der Waals surface area contributed by atoms with Gasteiger partial charge in [-0.3, -0.25) is 14.7 Å². The maximum atomic E-state index is 12.7. The number of hydrogen-bond acceptors (Lipinski definition) is 5. The monoisotopic (exact) mass is 378 g/mol. The molecule has 0 radical (unpaired) electrons. The first-order chi connectivity index (χ1) is 13.2. The van der Waals surface area contributed by atoms with Crippen molar-refractivity contribution in [2.24, 2.45) is 0 Å². The van der Waals surface area contributed by atoms with E-state index in [2.05, 4.69) is 43.8 Å². The Morgan fingerprint density at radius 2 is 2.11 bits per heavy atom. The van der Waals surface area contributed by atoms with E-state index in [1.54, 1.807) is 17.5 Å². The van der Waals surface area contributed by atoms with Gasteiger partial charge in [0.2, 0.25) is 5.91 Å². The lowest BCUT2D eigenvalue weighted by atomic mass is 9.94. The predicted molar refractivity (Wildman–Crippen MR) is 107 cm³/mol. The summed E-state index contributed by atoms with van der Waals surface area (Å²) in [5.41, 5.74) is 4.62. The van der Waals surface area contributed by atoms with Gasteiger partial charge in [0.25, 0.3) is 0 Å². The molecule has 1 N–H and O–H groups in total. The second kappa shape index (κ2) is 7.98. The van der Waals surface area contributed by atoms with Crippen LogP contribution in [0.25, 0.3) is 10.6 Å². The third kappa shape index (κ3) is 4.07. The summed E-state index contributed by atoms with van der Waals surface area (Å²) in [6, 6.07) is 12.2. The quantitative estimate of drug-likeness (QED) is 0.742. The van der Waals surface area contributed by atoms with Gasteiger partial charge >= 0.3 is 0 Å². The number of fused-ring (bicyclic) bond motifs is 1. The molecule has 0 spiro atoms. The molecule has 1 amide bonds. The van der Waals surface area contributed by atoms with Crippen LogP contribution in [-0.4, -0.2) is 40.4 Å². The molecule has 5 nitrogen and oxygen atoms in total. The Kier molecular flexibility index (Phi) is 5.27. The van der Waals surface area contributed by atoms with Gasteiger partial charge in [-0.1, -0.05) is 24.3 Å². The normalized spacial score (nSPS) is 16.7. The van der Waals surface area contributed by atoms with E-state index in [0.29, 0.717) is 6.54 Å². The molecule has 27 heavy (non-hydrogen) atoms. The van der Waals surface area contributed by atoms with Crippen LogP contribution in [-0.2, 0) is 24.2 Å². The third-order valence-electron chi connectivity index (χ3n) is 4.93. The number of carbonyl (C=O) groups excluding carboxylic acids is 1. The van der Waals surface area contributed by atoms with Gasteiger partial charge in [-0.25, -0.2) is 4.98 Å². The summed E-state index contributed by atoms with van der Waals surface area (Å²) in [6.45, 7) is 1.41. The van der Waals surface area contributed by atoms with Gasteiger partial charge in [-0.05, 0) is 36.7 Å². The van der Waals surface area contributed by atoms with Crippen molar-refractivity contribution in [1.82, 2.24) is 20.2 Å². The predicted octanol–water partition coefficient (Wildman–Crippen LogP) is 2.92. The molecule has 6 heteroatoms. The minimum atomic E-state index is -0.110. The number of aromatic nitrogens is 2. The van der Waals surface area contributed by atoms with Gasteiger partial charge in [0.1, 0.15) is 5.01 Å². The number of thiazole rings is 1. The zero-order valence-corrected chi connectivity index (χ0v) is 16.1. The molecule has 0 saturated carbocycles. The zero-order valence-electron chi connectivity index (χ0n) is 15.3. The van der Waals surface area contributed by atoms with Gasteiger partial charge in [-0.15, -0.1) is 11.3 Å².